The molecule has 1 aromatic heterocycles. The van der Waals surface area contributed by atoms with Gasteiger partial charge in [-0.25, -0.2) is 18.7 Å². The fourth-order valence-corrected chi connectivity index (χ4v) is 2.68. The lowest BCUT2D eigenvalue weighted by atomic mass is 10.2. The zero-order chi connectivity index (χ0) is 17.6. The Hall–Kier alpha value is -2.61. The summed E-state index contributed by atoms with van der Waals surface area (Å²) in [5, 5.41) is 2.58. The number of carbonyl (C=O) groups excluding carboxylic acids is 1. The maximum absolute atomic E-state index is 13.1. The van der Waals surface area contributed by atoms with E-state index in [1.165, 1.54) is 6.07 Å². The van der Waals surface area contributed by atoms with E-state index in [4.69, 9.17) is 0 Å². The number of aromatic nitrogens is 2. The normalized spacial score (nSPS) is 15.2. The number of hydrogen-bond donors (Lipinski definition) is 1. The third-order valence-electron chi connectivity index (χ3n) is 4.07. The molecular weight excluding hydrogens is 328 g/mol. The Bertz CT molecular complexity index is 720. The molecule has 0 bridgehead atoms. The van der Waals surface area contributed by atoms with Gasteiger partial charge in [0.05, 0.1) is 0 Å². The Morgan fingerprint density at radius 1 is 1.08 bits per heavy atom. The number of benzene rings is 1. The van der Waals surface area contributed by atoms with Crippen LogP contribution in [0.1, 0.15) is 6.42 Å². The Labute approximate surface area is 144 Å². The van der Waals surface area contributed by atoms with Gasteiger partial charge >= 0.3 is 0 Å². The van der Waals surface area contributed by atoms with Crippen LogP contribution in [0.15, 0.2) is 36.7 Å². The highest BCUT2D eigenvalue weighted by Gasteiger charge is 2.19. The first-order valence-electron chi connectivity index (χ1n) is 8.11. The van der Waals surface area contributed by atoms with Gasteiger partial charge in [0, 0.05) is 63.3 Å². The standard InChI is InChI=1S/C17H19F2N5O/c18-14-3-2-13(12-15(14)19)22-16(25)4-7-23-8-10-24(11-9-23)17-20-5-1-6-21-17/h1-3,5-6,12H,4,7-11H2,(H,22,25). The zero-order valence-electron chi connectivity index (χ0n) is 13.7. The summed E-state index contributed by atoms with van der Waals surface area (Å²) in [4.78, 5) is 24.7. The highest BCUT2D eigenvalue weighted by molar-refractivity contribution is 5.90. The van der Waals surface area contributed by atoms with Crippen LogP contribution in [-0.4, -0.2) is 53.5 Å². The second kappa shape index (κ2) is 7.98. The summed E-state index contributed by atoms with van der Waals surface area (Å²) in [7, 11) is 0. The van der Waals surface area contributed by atoms with Gasteiger partial charge in [-0.2, -0.15) is 0 Å². The van der Waals surface area contributed by atoms with E-state index in [0.29, 0.717) is 13.0 Å². The number of hydrogen-bond acceptors (Lipinski definition) is 5. The number of halogens is 2. The molecule has 1 aliphatic rings. The van der Waals surface area contributed by atoms with Crippen LogP contribution >= 0.6 is 0 Å². The molecule has 1 amide bonds. The third kappa shape index (κ3) is 4.69. The van der Waals surface area contributed by atoms with Crippen molar-refractivity contribution in [3.05, 3.63) is 48.3 Å². The molecule has 2 heterocycles. The van der Waals surface area contributed by atoms with E-state index >= 15 is 0 Å². The first kappa shape index (κ1) is 17.2. The molecule has 0 spiro atoms. The van der Waals surface area contributed by atoms with Crippen molar-refractivity contribution < 1.29 is 13.6 Å². The Balaban J connectivity index is 1.42. The summed E-state index contributed by atoms with van der Waals surface area (Å²) in [5.74, 6) is -1.41. The molecule has 0 atom stereocenters. The first-order valence-corrected chi connectivity index (χ1v) is 8.11. The number of amides is 1. The van der Waals surface area contributed by atoms with Gasteiger partial charge in [0.25, 0.3) is 0 Å². The fraction of sp³-hybridized carbons (Fsp3) is 0.353. The predicted octanol–water partition coefficient (Wildman–Crippen LogP) is 1.91. The summed E-state index contributed by atoms with van der Waals surface area (Å²) >= 11 is 0. The number of nitrogens with one attached hydrogen (secondary N) is 1. The molecule has 25 heavy (non-hydrogen) atoms. The number of rotatable bonds is 5. The molecule has 1 aromatic carbocycles. The summed E-state index contributed by atoms with van der Waals surface area (Å²) in [6.07, 6.45) is 3.73. The molecule has 3 rings (SSSR count). The molecule has 1 fully saturated rings. The minimum atomic E-state index is -0.975. The van der Waals surface area contributed by atoms with Crippen LogP contribution in [0.3, 0.4) is 0 Å². The Morgan fingerprint density at radius 2 is 1.80 bits per heavy atom. The summed E-state index contributed by atoms with van der Waals surface area (Å²) in [5.41, 5.74) is 0.259. The third-order valence-corrected chi connectivity index (χ3v) is 4.07. The second-order valence-electron chi connectivity index (χ2n) is 5.80. The zero-order valence-corrected chi connectivity index (χ0v) is 13.7. The Morgan fingerprint density at radius 3 is 2.48 bits per heavy atom. The van der Waals surface area contributed by atoms with Gasteiger partial charge in [-0.15, -0.1) is 0 Å². The molecular formula is C17H19F2N5O. The van der Waals surface area contributed by atoms with Crippen LogP contribution in [-0.2, 0) is 4.79 Å². The molecule has 1 saturated heterocycles. The largest absolute Gasteiger partial charge is 0.338 e. The van der Waals surface area contributed by atoms with Gasteiger partial charge in [-0.05, 0) is 18.2 Å². The SMILES string of the molecule is O=C(CCN1CCN(c2ncccn2)CC1)Nc1ccc(F)c(F)c1. The van der Waals surface area contributed by atoms with E-state index in [1.54, 1.807) is 18.5 Å². The number of nitrogens with zero attached hydrogens (tertiary/aromatic N) is 4. The van der Waals surface area contributed by atoms with E-state index in [9.17, 15) is 13.6 Å². The van der Waals surface area contributed by atoms with Crippen LogP contribution < -0.4 is 10.2 Å². The maximum Gasteiger partial charge on any atom is 0.225 e. The molecule has 1 N–H and O–H groups in total. The first-order chi connectivity index (χ1) is 12.1. The highest BCUT2D eigenvalue weighted by atomic mass is 19.2. The lowest BCUT2D eigenvalue weighted by Crippen LogP contribution is -2.47. The van der Waals surface area contributed by atoms with Crippen molar-refractivity contribution in [2.24, 2.45) is 0 Å². The van der Waals surface area contributed by atoms with Crippen LogP contribution in [0.25, 0.3) is 0 Å². The second-order valence-corrected chi connectivity index (χ2v) is 5.80. The lowest BCUT2D eigenvalue weighted by molar-refractivity contribution is -0.116. The number of piperazine rings is 1. The molecule has 0 aliphatic carbocycles. The van der Waals surface area contributed by atoms with Gasteiger partial charge in [0.15, 0.2) is 11.6 Å². The number of anilines is 2. The molecule has 132 valence electrons. The van der Waals surface area contributed by atoms with Crippen molar-refractivity contribution in [3.8, 4) is 0 Å². The maximum atomic E-state index is 13.1. The highest BCUT2D eigenvalue weighted by Crippen LogP contribution is 2.14. The van der Waals surface area contributed by atoms with E-state index < -0.39 is 11.6 Å². The summed E-state index contributed by atoms with van der Waals surface area (Å²) in [6.45, 7) is 3.84. The topological polar surface area (TPSA) is 61.4 Å². The van der Waals surface area contributed by atoms with E-state index in [-0.39, 0.29) is 11.6 Å². The number of carbonyl (C=O) groups is 1. The van der Waals surface area contributed by atoms with Crippen LogP contribution in [0, 0.1) is 11.6 Å². The van der Waals surface area contributed by atoms with Crippen molar-refractivity contribution in [1.29, 1.82) is 0 Å². The monoisotopic (exact) mass is 347 g/mol. The lowest BCUT2D eigenvalue weighted by Gasteiger charge is -2.34. The average molecular weight is 347 g/mol. The van der Waals surface area contributed by atoms with Gasteiger partial charge in [0.1, 0.15) is 0 Å². The van der Waals surface area contributed by atoms with Gasteiger partial charge in [-0.1, -0.05) is 0 Å². The molecule has 8 heteroatoms. The molecule has 0 saturated carbocycles. The summed E-state index contributed by atoms with van der Waals surface area (Å²) < 4.78 is 26.0. The van der Waals surface area contributed by atoms with E-state index in [0.717, 1.165) is 44.3 Å². The predicted molar refractivity (Wildman–Crippen MR) is 90.3 cm³/mol. The minimum Gasteiger partial charge on any atom is -0.338 e. The average Bonchev–Trinajstić information content (AvgIpc) is 2.64. The van der Waals surface area contributed by atoms with E-state index in [1.807, 2.05) is 0 Å². The van der Waals surface area contributed by atoms with Crippen LogP contribution in [0.4, 0.5) is 20.4 Å². The van der Waals surface area contributed by atoms with Crippen LogP contribution in [0.5, 0.6) is 0 Å². The van der Waals surface area contributed by atoms with Gasteiger partial charge < -0.3 is 10.2 Å². The van der Waals surface area contributed by atoms with Crippen molar-refractivity contribution in [3.63, 3.8) is 0 Å². The van der Waals surface area contributed by atoms with Crippen molar-refractivity contribution in [1.82, 2.24) is 14.9 Å². The molecule has 6 nitrogen and oxygen atoms in total. The smallest absolute Gasteiger partial charge is 0.225 e. The Kier molecular flexibility index (Phi) is 5.49. The van der Waals surface area contributed by atoms with Crippen molar-refractivity contribution >= 4 is 17.5 Å². The van der Waals surface area contributed by atoms with Crippen LogP contribution in [0.2, 0.25) is 0 Å². The quantitative estimate of drug-likeness (QED) is 0.895. The minimum absolute atomic E-state index is 0.222. The van der Waals surface area contributed by atoms with Gasteiger partial charge in [-0.3, -0.25) is 9.69 Å². The fourth-order valence-electron chi connectivity index (χ4n) is 2.68. The summed E-state index contributed by atoms with van der Waals surface area (Å²) in [6, 6.07) is 5.10. The van der Waals surface area contributed by atoms with Crippen molar-refractivity contribution in [2.75, 3.05) is 42.9 Å². The molecule has 1 aliphatic heterocycles. The van der Waals surface area contributed by atoms with Crippen molar-refractivity contribution in [2.45, 2.75) is 6.42 Å². The van der Waals surface area contributed by atoms with E-state index in [2.05, 4.69) is 25.1 Å². The molecule has 0 radical (unpaired) electrons. The van der Waals surface area contributed by atoms with Gasteiger partial charge in [0.2, 0.25) is 11.9 Å². The molecule has 2 aromatic rings. The molecule has 0 unspecified atom stereocenters.